The molecule has 0 saturated heterocycles. The van der Waals surface area contributed by atoms with Crippen molar-refractivity contribution in [1.82, 2.24) is 0 Å². The standard InChI is InChI=1S/C12H17N3/c1-5-10(12(13)14)8-11(9(2)3)6-7-15-4/h5-8H,1-2H2,3-4H3,(H3,13,14)/b10-8+,11-6-,15-7?. The first-order valence-electron chi connectivity index (χ1n) is 4.49. The van der Waals surface area contributed by atoms with Crippen molar-refractivity contribution in [2.75, 3.05) is 7.05 Å². The second-order valence-corrected chi connectivity index (χ2v) is 3.03. The molecule has 0 bridgehead atoms. The van der Waals surface area contributed by atoms with Gasteiger partial charge in [0.1, 0.15) is 5.84 Å². The van der Waals surface area contributed by atoms with Crippen molar-refractivity contribution in [2.24, 2.45) is 10.7 Å². The minimum absolute atomic E-state index is 0.00872. The van der Waals surface area contributed by atoms with Crippen LogP contribution in [0.5, 0.6) is 0 Å². The zero-order valence-electron chi connectivity index (χ0n) is 9.25. The van der Waals surface area contributed by atoms with Gasteiger partial charge in [0.2, 0.25) is 0 Å². The Kier molecular flexibility index (Phi) is 5.71. The summed E-state index contributed by atoms with van der Waals surface area (Å²) in [6.45, 7) is 9.31. The van der Waals surface area contributed by atoms with Crippen molar-refractivity contribution >= 4 is 12.1 Å². The molecule has 0 amide bonds. The van der Waals surface area contributed by atoms with Gasteiger partial charge in [0.15, 0.2) is 0 Å². The third-order valence-electron chi connectivity index (χ3n) is 1.74. The van der Waals surface area contributed by atoms with Crippen LogP contribution >= 0.6 is 0 Å². The molecule has 0 spiro atoms. The van der Waals surface area contributed by atoms with E-state index in [0.717, 1.165) is 11.1 Å². The van der Waals surface area contributed by atoms with Gasteiger partial charge >= 0.3 is 0 Å². The summed E-state index contributed by atoms with van der Waals surface area (Å²) >= 11 is 0. The maximum atomic E-state index is 7.31. The normalized spacial score (nSPS) is 12.9. The second-order valence-electron chi connectivity index (χ2n) is 3.03. The van der Waals surface area contributed by atoms with Crippen LogP contribution in [-0.2, 0) is 0 Å². The molecule has 0 aromatic rings. The molecular formula is C12H17N3. The number of nitrogens with one attached hydrogen (secondary N) is 1. The van der Waals surface area contributed by atoms with E-state index in [2.05, 4.69) is 18.2 Å². The van der Waals surface area contributed by atoms with E-state index in [1.165, 1.54) is 0 Å². The Labute approximate surface area is 90.9 Å². The first kappa shape index (κ1) is 13.1. The van der Waals surface area contributed by atoms with Crippen LogP contribution in [0.4, 0.5) is 0 Å². The number of amidine groups is 1. The maximum Gasteiger partial charge on any atom is 0.122 e. The molecule has 0 saturated carbocycles. The Morgan fingerprint density at radius 1 is 1.40 bits per heavy atom. The van der Waals surface area contributed by atoms with Crippen LogP contribution in [0.25, 0.3) is 0 Å². The summed E-state index contributed by atoms with van der Waals surface area (Å²) in [4.78, 5) is 3.85. The number of hydrogen-bond acceptors (Lipinski definition) is 2. The lowest BCUT2D eigenvalue weighted by atomic mass is 10.0. The SMILES string of the molecule is C=C/C(=C\C(=C\C=NC)C(=C)C)C(=N)N. The van der Waals surface area contributed by atoms with Crippen molar-refractivity contribution in [3.8, 4) is 0 Å². The summed E-state index contributed by atoms with van der Waals surface area (Å²) in [5.41, 5.74) is 7.72. The lowest BCUT2D eigenvalue weighted by molar-refractivity contribution is 1.40. The van der Waals surface area contributed by atoms with Crippen molar-refractivity contribution in [3.63, 3.8) is 0 Å². The number of nitrogens with zero attached hydrogens (tertiary/aromatic N) is 1. The maximum absolute atomic E-state index is 7.31. The summed E-state index contributed by atoms with van der Waals surface area (Å²) in [5, 5.41) is 7.31. The lowest BCUT2D eigenvalue weighted by Gasteiger charge is -2.02. The van der Waals surface area contributed by atoms with Crippen molar-refractivity contribution < 1.29 is 0 Å². The number of nitrogens with two attached hydrogens (primary N) is 1. The Bertz CT molecular complexity index is 357. The predicted molar refractivity (Wildman–Crippen MR) is 67.5 cm³/mol. The summed E-state index contributed by atoms with van der Waals surface area (Å²) in [7, 11) is 1.69. The molecule has 0 rings (SSSR count). The van der Waals surface area contributed by atoms with Crippen LogP contribution in [0.15, 0.2) is 53.1 Å². The molecule has 0 aromatic heterocycles. The molecule has 0 aliphatic carbocycles. The molecule has 0 aliphatic rings. The van der Waals surface area contributed by atoms with E-state index in [1.54, 1.807) is 25.4 Å². The monoisotopic (exact) mass is 203 g/mol. The van der Waals surface area contributed by atoms with Gasteiger partial charge < -0.3 is 5.73 Å². The van der Waals surface area contributed by atoms with Crippen LogP contribution in [0.1, 0.15) is 6.92 Å². The number of allylic oxidation sites excluding steroid dienone is 4. The molecule has 0 aliphatic heterocycles. The van der Waals surface area contributed by atoms with Crippen LogP contribution in [0.3, 0.4) is 0 Å². The number of aliphatic imine (C=N–C) groups is 1. The average molecular weight is 203 g/mol. The van der Waals surface area contributed by atoms with Gasteiger partial charge in [-0.25, -0.2) is 0 Å². The molecule has 0 fully saturated rings. The fourth-order valence-electron chi connectivity index (χ4n) is 0.883. The zero-order chi connectivity index (χ0) is 11.8. The highest BCUT2D eigenvalue weighted by Crippen LogP contribution is 2.11. The lowest BCUT2D eigenvalue weighted by Crippen LogP contribution is -2.11. The third-order valence-corrected chi connectivity index (χ3v) is 1.74. The van der Waals surface area contributed by atoms with Gasteiger partial charge in [-0.15, -0.1) is 0 Å². The van der Waals surface area contributed by atoms with E-state index in [4.69, 9.17) is 11.1 Å². The smallest absolute Gasteiger partial charge is 0.122 e. The molecule has 80 valence electrons. The van der Waals surface area contributed by atoms with E-state index in [1.807, 2.05) is 13.0 Å². The van der Waals surface area contributed by atoms with Crippen molar-refractivity contribution in [2.45, 2.75) is 6.92 Å². The highest BCUT2D eigenvalue weighted by Gasteiger charge is 1.98. The molecule has 15 heavy (non-hydrogen) atoms. The Hall–Kier alpha value is -1.90. The van der Waals surface area contributed by atoms with Crippen molar-refractivity contribution in [3.05, 3.63) is 48.1 Å². The molecule has 0 heterocycles. The molecule has 3 heteroatoms. The average Bonchev–Trinajstić information content (AvgIpc) is 2.17. The quantitative estimate of drug-likeness (QED) is 0.402. The Morgan fingerprint density at radius 3 is 2.33 bits per heavy atom. The van der Waals surface area contributed by atoms with Gasteiger partial charge in [-0.2, -0.15) is 0 Å². The molecule has 0 atom stereocenters. The summed E-state index contributed by atoms with van der Waals surface area (Å²) in [6, 6.07) is 0. The van der Waals surface area contributed by atoms with Crippen LogP contribution < -0.4 is 5.73 Å². The fraction of sp³-hybridized carbons (Fsp3) is 0.167. The van der Waals surface area contributed by atoms with Crippen LogP contribution in [-0.4, -0.2) is 19.1 Å². The zero-order valence-corrected chi connectivity index (χ0v) is 9.25. The highest BCUT2D eigenvalue weighted by molar-refractivity contribution is 5.97. The predicted octanol–water partition coefficient (Wildman–Crippen LogP) is 2.24. The third kappa shape index (κ3) is 4.76. The fourth-order valence-corrected chi connectivity index (χ4v) is 0.883. The molecule has 3 N–H and O–H groups in total. The van der Waals surface area contributed by atoms with Gasteiger partial charge in [-0.05, 0) is 24.6 Å². The van der Waals surface area contributed by atoms with Gasteiger partial charge in [0.25, 0.3) is 0 Å². The molecular weight excluding hydrogens is 186 g/mol. The summed E-state index contributed by atoms with van der Waals surface area (Å²) in [5.74, 6) is -0.00872. The highest BCUT2D eigenvalue weighted by atomic mass is 14.7. The number of hydrogen-bond donors (Lipinski definition) is 2. The van der Waals surface area contributed by atoms with E-state index in [-0.39, 0.29) is 5.84 Å². The Morgan fingerprint density at radius 2 is 2.00 bits per heavy atom. The van der Waals surface area contributed by atoms with Gasteiger partial charge in [0.05, 0.1) is 0 Å². The topological polar surface area (TPSA) is 62.2 Å². The molecule has 3 nitrogen and oxygen atoms in total. The second kappa shape index (κ2) is 6.54. The van der Waals surface area contributed by atoms with Crippen molar-refractivity contribution in [1.29, 1.82) is 5.41 Å². The first-order chi connectivity index (χ1) is 7.02. The van der Waals surface area contributed by atoms with E-state index >= 15 is 0 Å². The van der Waals surface area contributed by atoms with Crippen LogP contribution in [0, 0.1) is 5.41 Å². The van der Waals surface area contributed by atoms with E-state index in [9.17, 15) is 0 Å². The number of rotatable bonds is 5. The largest absolute Gasteiger partial charge is 0.384 e. The molecule has 0 aromatic carbocycles. The van der Waals surface area contributed by atoms with Gasteiger partial charge in [-0.3, -0.25) is 10.4 Å². The molecule has 0 unspecified atom stereocenters. The van der Waals surface area contributed by atoms with E-state index in [0.29, 0.717) is 5.57 Å². The summed E-state index contributed by atoms with van der Waals surface area (Å²) < 4.78 is 0. The minimum atomic E-state index is -0.00872. The Balaban J connectivity index is 5.20. The van der Waals surface area contributed by atoms with Gasteiger partial charge in [-0.1, -0.05) is 24.8 Å². The van der Waals surface area contributed by atoms with Crippen LogP contribution in [0.2, 0.25) is 0 Å². The molecule has 0 radical (unpaired) electrons. The van der Waals surface area contributed by atoms with E-state index < -0.39 is 0 Å². The summed E-state index contributed by atoms with van der Waals surface area (Å²) in [6.07, 6.45) is 6.79. The minimum Gasteiger partial charge on any atom is -0.384 e. The first-order valence-corrected chi connectivity index (χ1v) is 4.49. The van der Waals surface area contributed by atoms with Gasteiger partial charge in [0, 0.05) is 18.8 Å².